The molecule has 0 aliphatic carbocycles. The van der Waals surface area contributed by atoms with Crippen LogP contribution < -0.4 is 5.32 Å². The normalized spacial score (nSPS) is 13.6. The van der Waals surface area contributed by atoms with E-state index in [1.165, 1.54) is 128 Å². The summed E-state index contributed by atoms with van der Waals surface area (Å²) >= 11 is 0. The fourth-order valence-electron chi connectivity index (χ4n) is 8.09. The molecular weight excluding hydrogens is 767 g/mol. The molecule has 0 aliphatic heterocycles. The molecule has 0 fully saturated rings. The summed E-state index contributed by atoms with van der Waals surface area (Å²) in [6, 6.07) is -0.708. The molecule has 1 amide bonds. The number of aliphatic hydroxyl groups excluding tert-OH is 2. The van der Waals surface area contributed by atoms with Gasteiger partial charge in [-0.25, -0.2) is 0 Å². The Hall–Kier alpha value is -2.18. The number of nitrogens with one attached hydrogen (secondary N) is 1. The van der Waals surface area contributed by atoms with Crippen LogP contribution in [0.3, 0.4) is 0 Å². The van der Waals surface area contributed by atoms with Gasteiger partial charge in [0.2, 0.25) is 5.91 Å². The van der Waals surface area contributed by atoms with Crippen LogP contribution in [0.25, 0.3) is 0 Å². The molecule has 0 aliphatic rings. The number of rotatable bonds is 48. The topological polar surface area (TPSA) is 95.9 Å². The highest BCUT2D eigenvalue weighted by atomic mass is 16.5. The molecule has 0 saturated heterocycles. The van der Waals surface area contributed by atoms with Crippen LogP contribution in [0.5, 0.6) is 0 Å². The van der Waals surface area contributed by atoms with Crippen molar-refractivity contribution in [2.45, 2.75) is 289 Å². The molecule has 0 aromatic carbocycles. The predicted molar refractivity (Wildman–Crippen MR) is 269 cm³/mol. The number of ether oxygens (including phenoxy) is 1. The summed E-state index contributed by atoms with van der Waals surface area (Å²) in [6.07, 6.45) is 60.3. The zero-order valence-electron chi connectivity index (χ0n) is 41.3. The molecule has 62 heavy (non-hydrogen) atoms. The number of carbonyl (C=O) groups excluding carboxylic acids is 2. The maximum atomic E-state index is 13.2. The fourth-order valence-corrected chi connectivity index (χ4v) is 8.09. The maximum absolute atomic E-state index is 13.2. The van der Waals surface area contributed by atoms with Crippen molar-refractivity contribution in [3.8, 4) is 0 Å². The van der Waals surface area contributed by atoms with E-state index in [1.807, 2.05) is 0 Å². The zero-order valence-corrected chi connectivity index (χ0v) is 41.3. The number of esters is 1. The molecule has 0 spiro atoms. The molecule has 0 aromatic heterocycles. The zero-order chi connectivity index (χ0) is 45.2. The summed E-state index contributed by atoms with van der Waals surface area (Å²) in [7, 11) is 0. The Morgan fingerprint density at radius 2 is 0.871 bits per heavy atom. The van der Waals surface area contributed by atoms with Crippen LogP contribution in [0, 0.1) is 0 Å². The summed E-state index contributed by atoms with van der Waals surface area (Å²) in [5, 5.41) is 23.8. The van der Waals surface area contributed by atoms with E-state index in [4.69, 9.17) is 4.74 Å². The lowest BCUT2D eigenvalue weighted by atomic mass is 10.0. The first-order valence-corrected chi connectivity index (χ1v) is 26.9. The van der Waals surface area contributed by atoms with E-state index in [2.05, 4.69) is 74.7 Å². The van der Waals surface area contributed by atoms with Crippen LogP contribution >= 0.6 is 0 Å². The second-order valence-corrected chi connectivity index (χ2v) is 18.2. The molecule has 0 heterocycles. The van der Waals surface area contributed by atoms with Crippen LogP contribution in [-0.4, -0.2) is 46.9 Å². The lowest BCUT2D eigenvalue weighted by Crippen LogP contribution is -2.46. The molecule has 3 N–H and O–H groups in total. The Labute approximate surface area is 385 Å². The first-order valence-electron chi connectivity index (χ1n) is 26.9. The molecule has 0 bridgehead atoms. The Bertz CT molecular complexity index is 1070. The number of amides is 1. The highest BCUT2D eigenvalue weighted by Crippen LogP contribution is 2.18. The number of aliphatic hydroxyl groups is 2. The van der Waals surface area contributed by atoms with Crippen molar-refractivity contribution in [2.75, 3.05) is 6.61 Å². The van der Waals surface area contributed by atoms with Crippen molar-refractivity contribution >= 4 is 11.9 Å². The summed E-state index contributed by atoms with van der Waals surface area (Å²) < 4.78 is 5.93. The third-order valence-corrected chi connectivity index (χ3v) is 12.1. The van der Waals surface area contributed by atoms with Crippen molar-refractivity contribution in [1.82, 2.24) is 5.32 Å². The first kappa shape index (κ1) is 59.8. The minimum absolute atomic E-state index is 0.0626. The summed E-state index contributed by atoms with van der Waals surface area (Å²) in [5.41, 5.74) is 0. The lowest BCUT2D eigenvalue weighted by molar-refractivity contribution is -0.151. The first-order chi connectivity index (χ1) is 30.5. The van der Waals surface area contributed by atoms with Crippen LogP contribution in [-0.2, 0) is 14.3 Å². The fraction of sp³-hybridized carbons (Fsp3) is 0.821. The molecule has 6 nitrogen and oxygen atoms in total. The molecule has 6 heteroatoms. The summed E-state index contributed by atoms with van der Waals surface area (Å²) in [6.45, 7) is 6.38. The minimum Gasteiger partial charge on any atom is -0.462 e. The summed E-state index contributed by atoms with van der Waals surface area (Å²) in [4.78, 5) is 26.2. The number of carbonyl (C=O) groups is 2. The van der Waals surface area contributed by atoms with Gasteiger partial charge in [0.05, 0.1) is 25.2 Å². The van der Waals surface area contributed by atoms with E-state index < -0.39 is 18.2 Å². The summed E-state index contributed by atoms with van der Waals surface area (Å²) in [5.74, 6) is -0.497. The van der Waals surface area contributed by atoms with E-state index in [9.17, 15) is 19.8 Å². The van der Waals surface area contributed by atoms with Gasteiger partial charge in [-0.15, -0.1) is 0 Å². The quantitative estimate of drug-likeness (QED) is 0.0322. The van der Waals surface area contributed by atoms with Crippen molar-refractivity contribution in [3.63, 3.8) is 0 Å². The molecule has 0 saturated carbocycles. The Balaban J connectivity index is 4.60. The van der Waals surface area contributed by atoms with Gasteiger partial charge in [0.25, 0.3) is 0 Å². The van der Waals surface area contributed by atoms with Crippen molar-refractivity contribution in [1.29, 1.82) is 0 Å². The second-order valence-electron chi connectivity index (χ2n) is 18.2. The third kappa shape index (κ3) is 44.4. The molecule has 0 radical (unpaired) electrons. The van der Waals surface area contributed by atoms with Crippen molar-refractivity contribution in [3.05, 3.63) is 48.6 Å². The van der Waals surface area contributed by atoms with Crippen LogP contribution in [0.4, 0.5) is 0 Å². The van der Waals surface area contributed by atoms with Crippen LogP contribution in [0.2, 0.25) is 0 Å². The maximum Gasteiger partial charge on any atom is 0.306 e. The smallest absolute Gasteiger partial charge is 0.306 e. The third-order valence-electron chi connectivity index (χ3n) is 12.1. The van der Waals surface area contributed by atoms with Crippen molar-refractivity contribution in [2.24, 2.45) is 0 Å². The van der Waals surface area contributed by atoms with E-state index in [0.717, 1.165) is 96.3 Å². The average molecular weight is 870 g/mol. The molecule has 0 aromatic rings. The minimum atomic E-state index is -0.793. The SMILES string of the molecule is CC/C=C/C/C=C/C/C=C/CCCCCCCCC(=O)OC(CCCCC/C=C/CCCCCCCCC)CC(=O)NC(CO)C(O)CCCCCCCCCCCCCCC. The van der Waals surface area contributed by atoms with Gasteiger partial charge < -0.3 is 20.3 Å². The van der Waals surface area contributed by atoms with E-state index in [0.29, 0.717) is 19.3 Å². The standard InChI is InChI=1S/C56H103NO5/c1-4-7-10-13-16-19-22-25-27-28-31-34-37-40-43-46-49-56(61)62-52(47-44-41-38-35-32-30-26-23-20-17-14-11-8-5-2)50-55(60)57-53(51-58)54(59)48-45-42-39-36-33-29-24-21-18-15-12-9-6-3/h7,10,16,19,25,27,30,32,52-54,58-59H,4-6,8-9,11-15,17-18,20-24,26,28-29,31,33-51H2,1-3H3,(H,57,60)/b10-7+,19-16+,27-25+,32-30+. The Morgan fingerprint density at radius 3 is 1.35 bits per heavy atom. The van der Waals surface area contributed by atoms with E-state index in [1.54, 1.807) is 0 Å². The Morgan fingerprint density at radius 1 is 0.484 bits per heavy atom. The van der Waals surface area contributed by atoms with Gasteiger partial charge in [-0.05, 0) is 83.5 Å². The largest absolute Gasteiger partial charge is 0.462 e. The van der Waals surface area contributed by atoms with E-state index >= 15 is 0 Å². The van der Waals surface area contributed by atoms with Crippen LogP contribution in [0.1, 0.15) is 271 Å². The highest BCUT2D eigenvalue weighted by Gasteiger charge is 2.24. The van der Waals surface area contributed by atoms with Gasteiger partial charge in [0.1, 0.15) is 6.10 Å². The van der Waals surface area contributed by atoms with Crippen LogP contribution in [0.15, 0.2) is 48.6 Å². The average Bonchev–Trinajstić information content (AvgIpc) is 3.26. The molecule has 362 valence electrons. The van der Waals surface area contributed by atoms with Gasteiger partial charge in [0.15, 0.2) is 0 Å². The van der Waals surface area contributed by atoms with Crippen molar-refractivity contribution < 1.29 is 24.5 Å². The number of allylic oxidation sites excluding steroid dienone is 8. The van der Waals surface area contributed by atoms with Gasteiger partial charge in [0, 0.05) is 6.42 Å². The Kier molecular flexibility index (Phi) is 48.1. The van der Waals surface area contributed by atoms with Gasteiger partial charge >= 0.3 is 5.97 Å². The lowest BCUT2D eigenvalue weighted by Gasteiger charge is -2.24. The monoisotopic (exact) mass is 870 g/mol. The molecule has 3 unspecified atom stereocenters. The van der Waals surface area contributed by atoms with Gasteiger partial charge in [-0.1, -0.05) is 223 Å². The molecular formula is C56H103NO5. The molecule has 0 rings (SSSR count). The predicted octanol–water partition coefficient (Wildman–Crippen LogP) is 16.2. The van der Waals surface area contributed by atoms with E-state index in [-0.39, 0.29) is 24.9 Å². The molecule has 3 atom stereocenters. The number of hydrogen-bond donors (Lipinski definition) is 3. The number of hydrogen-bond acceptors (Lipinski definition) is 5. The van der Waals surface area contributed by atoms with Gasteiger partial charge in [-0.2, -0.15) is 0 Å². The van der Waals surface area contributed by atoms with Gasteiger partial charge in [-0.3, -0.25) is 9.59 Å². The highest BCUT2D eigenvalue weighted by molar-refractivity contribution is 5.77. The number of unbranched alkanes of at least 4 members (excludes halogenated alkanes) is 28. The second kappa shape index (κ2) is 49.8.